The van der Waals surface area contributed by atoms with Crippen LogP contribution < -0.4 is 4.90 Å². The van der Waals surface area contributed by atoms with E-state index in [-0.39, 0.29) is 0 Å². The average Bonchev–Trinajstić information content (AvgIpc) is 3.21. The molecule has 0 amide bonds. The molecule has 1 heterocycles. The van der Waals surface area contributed by atoms with E-state index in [1.807, 2.05) is 34.9 Å². The molecule has 1 aliphatic carbocycles. The molecular formula is C14H18N4S. The summed E-state index contributed by atoms with van der Waals surface area (Å²) in [7, 11) is 2.09. The Morgan fingerprint density at radius 2 is 2.05 bits per heavy atom. The van der Waals surface area contributed by atoms with Crippen molar-refractivity contribution in [3.05, 3.63) is 35.1 Å². The van der Waals surface area contributed by atoms with Crippen LogP contribution in [-0.4, -0.2) is 27.9 Å². The number of anilines is 1. The van der Waals surface area contributed by atoms with Gasteiger partial charge in [0, 0.05) is 13.1 Å². The van der Waals surface area contributed by atoms with Gasteiger partial charge in [-0.1, -0.05) is 18.2 Å². The molecule has 0 aliphatic heterocycles. The van der Waals surface area contributed by atoms with Crippen molar-refractivity contribution in [1.29, 1.82) is 0 Å². The molecule has 3 rings (SSSR count). The topological polar surface area (TPSA) is 36.9 Å². The van der Waals surface area contributed by atoms with Gasteiger partial charge in [0.05, 0.1) is 5.69 Å². The van der Waals surface area contributed by atoms with E-state index in [0.29, 0.717) is 10.8 Å². The van der Waals surface area contributed by atoms with Crippen molar-refractivity contribution >= 4 is 18.2 Å². The van der Waals surface area contributed by atoms with E-state index in [0.717, 1.165) is 17.6 Å². The molecule has 1 aliphatic rings. The summed E-state index contributed by atoms with van der Waals surface area (Å²) in [5.41, 5.74) is 1.05. The zero-order valence-corrected chi connectivity index (χ0v) is 12.0. The van der Waals surface area contributed by atoms with Crippen LogP contribution in [0.25, 0.3) is 5.69 Å². The predicted molar refractivity (Wildman–Crippen MR) is 79.3 cm³/mol. The fourth-order valence-corrected chi connectivity index (χ4v) is 2.64. The van der Waals surface area contributed by atoms with Crippen molar-refractivity contribution in [2.75, 3.05) is 11.9 Å². The Morgan fingerprint density at radius 1 is 1.37 bits per heavy atom. The lowest BCUT2D eigenvalue weighted by atomic mass is 10.2. The van der Waals surface area contributed by atoms with Crippen molar-refractivity contribution < 1.29 is 0 Å². The number of aromatic nitrogens is 3. The van der Waals surface area contributed by atoms with Crippen LogP contribution in [0.3, 0.4) is 0 Å². The molecule has 0 saturated heterocycles. The lowest BCUT2D eigenvalue weighted by Crippen LogP contribution is -2.32. The van der Waals surface area contributed by atoms with Crippen LogP contribution in [0.2, 0.25) is 0 Å². The summed E-state index contributed by atoms with van der Waals surface area (Å²) in [6, 6.07) is 10.6. The highest BCUT2D eigenvalue weighted by molar-refractivity contribution is 7.71. The van der Waals surface area contributed by atoms with Crippen LogP contribution in [0.4, 0.5) is 5.95 Å². The molecule has 1 aromatic heterocycles. The highest BCUT2D eigenvalue weighted by atomic mass is 32.1. The maximum absolute atomic E-state index is 5.36. The lowest BCUT2D eigenvalue weighted by Gasteiger charge is -2.25. The summed E-state index contributed by atoms with van der Waals surface area (Å²) in [4.78, 5) is 2.22. The Morgan fingerprint density at radius 3 is 2.68 bits per heavy atom. The molecule has 0 spiro atoms. The zero-order chi connectivity index (χ0) is 13.4. The van der Waals surface area contributed by atoms with Gasteiger partial charge in [-0.25, -0.2) is 5.10 Å². The molecule has 1 saturated carbocycles. The van der Waals surface area contributed by atoms with E-state index in [9.17, 15) is 0 Å². The van der Waals surface area contributed by atoms with Gasteiger partial charge in [0.15, 0.2) is 0 Å². The standard InChI is InChI=1S/C14H18N4S/c1-10(11-8-9-11)17(2)13-15-16-14(19)18(13)12-6-4-3-5-7-12/h3-7,10-11H,8-9H2,1-2H3,(H,16,19). The second-order valence-corrected chi connectivity index (χ2v) is 5.58. The third-order valence-corrected chi connectivity index (χ3v) is 4.17. The van der Waals surface area contributed by atoms with Gasteiger partial charge in [0.1, 0.15) is 0 Å². The Balaban J connectivity index is 2.01. The number of para-hydroxylation sites is 1. The van der Waals surface area contributed by atoms with Crippen LogP contribution in [-0.2, 0) is 0 Å². The van der Waals surface area contributed by atoms with E-state index < -0.39 is 0 Å². The van der Waals surface area contributed by atoms with Crippen molar-refractivity contribution in [3.63, 3.8) is 0 Å². The van der Waals surface area contributed by atoms with E-state index >= 15 is 0 Å². The zero-order valence-electron chi connectivity index (χ0n) is 11.2. The third kappa shape index (κ3) is 2.30. The fourth-order valence-electron chi connectivity index (χ4n) is 2.41. The highest BCUT2D eigenvalue weighted by Crippen LogP contribution is 2.36. The molecule has 100 valence electrons. The monoisotopic (exact) mass is 274 g/mol. The summed E-state index contributed by atoms with van der Waals surface area (Å²) < 4.78 is 2.63. The lowest BCUT2D eigenvalue weighted by molar-refractivity contribution is 0.594. The Kier molecular flexibility index (Phi) is 3.14. The number of H-pyrrole nitrogens is 1. The smallest absolute Gasteiger partial charge is 0.230 e. The number of benzene rings is 1. The minimum Gasteiger partial charge on any atom is -0.341 e. The highest BCUT2D eigenvalue weighted by Gasteiger charge is 2.32. The summed E-state index contributed by atoms with van der Waals surface area (Å²) in [5, 5.41) is 7.30. The van der Waals surface area contributed by atoms with Gasteiger partial charge in [-0.15, -0.1) is 5.10 Å². The maximum Gasteiger partial charge on any atom is 0.230 e. The number of nitrogens with one attached hydrogen (secondary N) is 1. The molecule has 1 aromatic carbocycles. The molecule has 1 fully saturated rings. The van der Waals surface area contributed by atoms with Crippen LogP contribution in [0.1, 0.15) is 19.8 Å². The molecule has 1 atom stereocenters. The Bertz CT molecular complexity index is 612. The average molecular weight is 274 g/mol. The molecule has 1 unspecified atom stereocenters. The number of hydrogen-bond acceptors (Lipinski definition) is 3. The number of hydrogen-bond donors (Lipinski definition) is 1. The maximum atomic E-state index is 5.36. The van der Waals surface area contributed by atoms with Crippen molar-refractivity contribution in [3.8, 4) is 5.69 Å². The minimum atomic E-state index is 0.493. The second kappa shape index (κ2) is 4.81. The molecule has 0 radical (unpaired) electrons. The largest absolute Gasteiger partial charge is 0.341 e. The van der Waals surface area contributed by atoms with Crippen molar-refractivity contribution in [2.24, 2.45) is 5.92 Å². The summed E-state index contributed by atoms with van der Waals surface area (Å²) >= 11 is 5.36. The van der Waals surface area contributed by atoms with Crippen LogP contribution in [0.15, 0.2) is 30.3 Å². The van der Waals surface area contributed by atoms with Gasteiger partial charge in [-0.2, -0.15) is 0 Å². The van der Waals surface area contributed by atoms with Crippen LogP contribution in [0.5, 0.6) is 0 Å². The quantitative estimate of drug-likeness (QED) is 0.870. The summed E-state index contributed by atoms with van der Waals surface area (Å²) in [5.74, 6) is 1.68. The fraction of sp³-hybridized carbons (Fsp3) is 0.429. The first kappa shape index (κ1) is 12.4. The first-order valence-electron chi connectivity index (χ1n) is 6.64. The molecule has 5 heteroatoms. The molecule has 19 heavy (non-hydrogen) atoms. The van der Waals surface area contributed by atoms with Gasteiger partial charge >= 0.3 is 0 Å². The van der Waals surface area contributed by atoms with E-state index in [1.165, 1.54) is 12.8 Å². The number of aromatic amines is 1. The molecule has 1 N–H and O–H groups in total. The van der Waals surface area contributed by atoms with Gasteiger partial charge in [0.25, 0.3) is 0 Å². The molecule has 2 aromatic rings. The van der Waals surface area contributed by atoms with E-state index in [4.69, 9.17) is 12.2 Å². The summed E-state index contributed by atoms with van der Waals surface area (Å²) in [6.45, 7) is 2.25. The molecular weight excluding hydrogens is 256 g/mol. The summed E-state index contributed by atoms with van der Waals surface area (Å²) in [6.07, 6.45) is 2.64. The second-order valence-electron chi connectivity index (χ2n) is 5.19. The predicted octanol–water partition coefficient (Wildman–Crippen LogP) is 3.16. The number of nitrogens with zero attached hydrogens (tertiary/aromatic N) is 3. The van der Waals surface area contributed by atoms with Crippen molar-refractivity contribution in [1.82, 2.24) is 14.8 Å². The van der Waals surface area contributed by atoms with Crippen molar-refractivity contribution in [2.45, 2.75) is 25.8 Å². The van der Waals surface area contributed by atoms with Gasteiger partial charge < -0.3 is 4.90 Å². The first-order valence-corrected chi connectivity index (χ1v) is 7.05. The van der Waals surface area contributed by atoms with Gasteiger partial charge in [-0.05, 0) is 50.0 Å². The Labute approximate surface area is 118 Å². The van der Waals surface area contributed by atoms with E-state index in [1.54, 1.807) is 0 Å². The molecule has 0 bridgehead atoms. The third-order valence-electron chi connectivity index (χ3n) is 3.90. The minimum absolute atomic E-state index is 0.493. The molecule has 4 nitrogen and oxygen atoms in total. The van der Waals surface area contributed by atoms with Crippen LogP contribution >= 0.6 is 12.2 Å². The van der Waals surface area contributed by atoms with Gasteiger partial charge in [0.2, 0.25) is 10.7 Å². The van der Waals surface area contributed by atoms with Gasteiger partial charge in [-0.3, -0.25) is 4.57 Å². The first-order chi connectivity index (χ1) is 9.18. The van der Waals surface area contributed by atoms with E-state index in [2.05, 4.69) is 29.1 Å². The Hall–Kier alpha value is -1.62. The number of rotatable bonds is 4. The van der Waals surface area contributed by atoms with Crippen LogP contribution in [0, 0.1) is 10.7 Å². The SMILES string of the molecule is CC(C1CC1)N(C)c1n[nH]c(=S)n1-c1ccccc1. The normalized spacial score (nSPS) is 16.3.